The first-order valence-corrected chi connectivity index (χ1v) is 11.8. The highest BCUT2D eigenvalue weighted by atomic mass is 35.7. The van der Waals surface area contributed by atoms with Gasteiger partial charge in [-0.2, -0.15) is 12.6 Å². The standard InChI is InChI=1S/C21H29ClN4OS2/c1-14-7-9-18(10-8-14)13-26-19(15(2)25(5)11-6-12-28)20(23-17(4)27)24-21(26)16(3)29-22/h7-10,16,28H,2,6,11-13H2,1,3-5H3,(H,23,27). The second-order valence-corrected chi connectivity index (χ2v) is 8.96. The Balaban J connectivity index is 2.58. The topological polar surface area (TPSA) is 50.2 Å². The minimum Gasteiger partial charge on any atom is -0.373 e. The molecule has 0 aliphatic carbocycles. The van der Waals surface area contributed by atoms with Crippen molar-refractivity contribution in [1.82, 2.24) is 14.5 Å². The van der Waals surface area contributed by atoms with Crippen LogP contribution in [-0.2, 0) is 11.3 Å². The second-order valence-electron chi connectivity index (χ2n) is 7.10. The third-order valence-electron chi connectivity index (χ3n) is 4.64. The van der Waals surface area contributed by atoms with Gasteiger partial charge >= 0.3 is 0 Å². The summed E-state index contributed by atoms with van der Waals surface area (Å²) in [5.41, 5.74) is 3.95. The van der Waals surface area contributed by atoms with Gasteiger partial charge in [-0.15, -0.1) is 0 Å². The van der Waals surface area contributed by atoms with Gasteiger partial charge in [0.25, 0.3) is 0 Å². The molecule has 0 saturated heterocycles. The quantitative estimate of drug-likeness (QED) is 0.476. The molecule has 2 rings (SSSR count). The number of carbonyl (C=O) groups excluding carboxylic acids is 1. The van der Waals surface area contributed by atoms with Crippen molar-refractivity contribution in [2.24, 2.45) is 0 Å². The molecule has 0 fully saturated rings. The van der Waals surface area contributed by atoms with E-state index in [1.54, 1.807) is 0 Å². The Hall–Kier alpha value is -1.57. The molecule has 158 valence electrons. The van der Waals surface area contributed by atoms with Gasteiger partial charge in [0.2, 0.25) is 5.91 Å². The molecule has 1 aromatic heterocycles. The Kier molecular flexibility index (Phi) is 8.99. The summed E-state index contributed by atoms with van der Waals surface area (Å²) in [4.78, 5) is 18.7. The van der Waals surface area contributed by atoms with Gasteiger partial charge in [0.05, 0.1) is 10.9 Å². The van der Waals surface area contributed by atoms with E-state index in [1.165, 1.54) is 23.5 Å². The predicted molar refractivity (Wildman–Crippen MR) is 129 cm³/mol. The third kappa shape index (κ3) is 6.20. The summed E-state index contributed by atoms with van der Waals surface area (Å²) >= 11 is 4.31. The maximum atomic E-state index is 11.8. The van der Waals surface area contributed by atoms with Gasteiger partial charge in [-0.1, -0.05) is 36.4 Å². The van der Waals surface area contributed by atoms with Crippen LogP contribution >= 0.6 is 34.3 Å². The zero-order valence-electron chi connectivity index (χ0n) is 17.4. The number of anilines is 1. The van der Waals surface area contributed by atoms with Crippen LogP contribution in [0.25, 0.3) is 5.70 Å². The monoisotopic (exact) mass is 452 g/mol. The summed E-state index contributed by atoms with van der Waals surface area (Å²) in [6.45, 7) is 11.3. The molecule has 0 spiro atoms. The van der Waals surface area contributed by atoms with E-state index in [9.17, 15) is 4.79 Å². The fraction of sp³-hybridized carbons (Fsp3) is 0.429. The van der Waals surface area contributed by atoms with Crippen molar-refractivity contribution in [3.8, 4) is 0 Å². The van der Waals surface area contributed by atoms with Crippen molar-refractivity contribution < 1.29 is 4.79 Å². The largest absolute Gasteiger partial charge is 0.373 e. The highest BCUT2D eigenvalue weighted by Gasteiger charge is 2.25. The van der Waals surface area contributed by atoms with Gasteiger partial charge in [0, 0.05) is 27.1 Å². The van der Waals surface area contributed by atoms with Crippen LogP contribution in [0.15, 0.2) is 30.8 Å². The Morgan fingerprint density at radius 1 is 1.41 bits per heavy atom. The Labute approximate surface area is 187 Å². The molecule has 1 heterocycles. The molecular formula is C21H29ClN4OS2. The normalized spacial score (nSPS) is 11.9. The van der Waals surface area contributed by atoms with Crippen LogP contribution in [0.3, 0.4) is 0 Å². The fourth-order valence-electron chi connectivity index (χ4n) is 3.03. The molecule has 0 aliphatic rings. The number of imidazole rings is 1. The van der Waals surface area contributed by atoms with Crippen molar-refractivity contribution in [3.05, 3.63) is 53.5 Å². The lowest BCUT2D eigenvalue weighted by molar-refractivity contribution is -0.114. The number of hydrogen-bond acceptors (Lipinski definition) is 5. The number of benzene rings is 1. The number of aryl methyl sites for hydroxylation is 1. The van der Waals surface area contributed by atoms with E-state index in [2.05, 4.69) is 65.2 Å². The number of thiol groups is 1. The van der Waals surface area contributed by atoms with Crippen molar-refractivity contribution in [1.29, 1.82) is 0 Å². The van der Waals surface area contributed by atoms with Crippen LogP contribution in [0.4, 0.5) is 5.82 Å². The first-order chi connectivity index (χ1) is 13.8. The summed E-state index contributed by atoms with van der Waals surface area (Å²) in [6.07, 6.45) is 0.932. The minimum atomic E-state index is -0.172. The number of nitrogens with one attached hydrogen (secondary N) is 1. The highest BCUT2D eigenvalue weighted by Crippen LogP contribution is 2.36. The van der Waals surface area contributed by atoms with E-state index in [0.29, 0.717) is 12.4 Å². The molecule has 29 heavy (non-hydrogen) atoms. The maximum Gasteiger partial charge on any atom is 0.222 e. The van der Waals surface area contributed by atoms with E-state index in [1.807, 2.05) is 14.0 Å². The van der Waals surface area contributed by atoms with Crippen LogP contribution in [-0.4, -0.2) is 39.7 Å². The lowest BCUT2D eigenvalue weighted by atomic mass is 10.1. The lowest BCUT2D eigenvalue weighted by Gasteiger charge is -2.24. The number of carbonyl (C=O) groups is 1. The molecule has 1 amide bonds. The molecule has 1 unspecified atom stereocenters. The SMILES string of the molecule is C=C(c1c(NC(C)=O)nc(C(C)SCl)n1Cc1ccc(C)cc1)N(C)CCCS. The van der Waals surface area contributed by atoms with Crippen molar-refractivity contribution in [2.75, 3.05) is 24.7 Å². The molecule has 0 radical (unpaired) electrons. The maximum absolute atomic E-state index is 11.8. The second kappa shape index (κ2) is 11.0. The molecule has 0 aliphatic heterocycles. The van der Waals surface area contributed by atoms with E-state index < -0.39 is 0 Å². The van der Waals surface area contributed by atoms with Crippen LogP contribution in [0.5, 0.6) is 0 Å². The average Bonchev–Trinajstić information content (AvgIpc) is 3.03. The highest BCUT2D eigenvalue weighted by molar-refractivity contribution is 8.21. The van der Waals surface area contributed by atoms with Gasteiger partial charge in [-0.05, 0) is 53.2 Å². The van der Waals surface area contributed by atoms with Crippen molar-refractivity contribution >= 4 is 51.7 Å². The van der Waals surface area contributed by atoms with Crippen molar-refractivity contribution in [3.63, 3.8) is 0 Å². The number of aromatic nitrogens is 2. The minimum absolute atomic E-state index is 0.0566. The van der Waals surface area contributed by atoms with Crippen molar-refractivity contribution in [2.45, 2.75) is 39.0 Å². The van der Waals surface area contributed by atoms with E-state index >= 15 is 0 Å². The zero-order valence-corrected chi connectivity index (χ0v) is 19.9. The van der Waals surface area contributed by atoms with Crippen LogP contribution in [0.1, 0.15) is 48.2 Å². The van der Waals surface area contributed by atoms with Gasteiger partial charge in [-0.25, -0.2) is 4.98 Å². The smallest absolute Gasteiger partial charge is 0.222 e. The fourth-order valence-corrected chi connectivity index (χ4v) is 3.67. The number of rotatable bonds is 10. The Morgan fingerprint density at radius 3 is 2.62 bits per heavy atom. The Morgan fingerprint density at radius 2 is 2.07 bits per heavy atom. The van der Waals surface area contributed by atoms with Crippen LogP contribution in [0.2, 0.25) is 0 Å². The van der Waals surface area contributed by atoms with Crippen LogP contribution in [0, 0.1) is 6.92 Å². The predicted octanol–water partition coefficient (Wildman–Crippen LogP) is 5.37. The third-order valence-corrected chi connectivity index (χ3v) is 6.23. The molecule has 0 saturated carbocycles. The number of nitrogens with zero attached hydrogens (tertiary/aromatic N) is 3. The lowest BCUT2D eigenvalue weighted by Crippen LogP contribution is -2.22. The summed E-state index contributed by atoms with van der Waals surface area (Å²) < 4.78 is 2.11. The molecule has 1 aromatic carbocycles. The molecule has 1 atom stereocenters. The van der Waals surface area contributed by atoms with E-state index in [0.717, 1.165) is 41.5 Å². The molecule has 0 bridgehead atoms. The van der Waals surface area contributed by atoms with E-state index in [4.69, 9.17) is 15.7 Å². The first kappa shape index (κ1) is 23.7. The summed E-state index contributed by atoms with van der Waals surface area (Å²) in [7, 11) is 9.29. The van der Waals surface area contributed by atoms with Gasteiger partial charge in [0.15, 0.2) is 5.82 Å². The molecule has 1 N–H and O–H groups in total. The zero-order chi connectivity index (χ0) is 21.6. The summed E-state index contributed by atoms with van der Waals surface area (Å²) in [6, 6.07) is 8.39. The average molecular weight is 453 g/mol. The number of hydrogen-bond donors (Lipinski definition) is 2. The molecular weight excluding hydrogens is 424 g/mol. The molecule has 2 aromatic rings. The van der Waals surface area contributed by atoms with Gasteiger partial charge in [0.1, 0.15) is 11.5 Å². The van der Waals surface area contributed by atoms with E-state index in [-0.39, 0.29) is 11.2 Å². The van der Waals surface area contributed by atoms with Gasteiger partial charge in [-0.3, -0.25) is 4.79 Å². The number of halogens is 1. The van der Waals surface area contributed by atoms with Gasteiger partial charge < -0.3 is 14.8 Å². The Bertz CT molecular complexity index is 851. The first-order valence-electron chi connectivity index (χ1n) is 9.50. The summed E-state index contributed by atoms with van der Waals surface area (Å²) in [5.74, 6) is 1.94. The molecule has 5 nitrogen and oxygen atoms in total. The van der Waals surface area contributed by atoms with Crippen LogP contribution < -0.4 is 5.32 Å². The summed E-state index contributed by atoms with van der Waals surface area (Å²) in [5, 5.41) is 2.82. The number of amides is 1. The molecule has 8 heteroatoms.